The minimum atomic E-state index is -0.256. The Labute approximate surface area is 226 Å². The summed E-state index contributed by atoms with van der Waals surface area (Å²) in [7, 11) is 0. The number of hydrogen-bond acceptors (Lipinski definition) is 6. The van der Waals surface area contributed by atoms with Crippen molar-refractivity contribution in [2.24, 2.45) is 5.92 Å². The smallest absolute Gasteiger partial charge is 0.141 e. The summed E-state index contributed by atoms with van der Waals surface area (Å²) >= 11 is 0. The minimum absolute atomic E-state index is 0.0770. The summed E-state index contributed by atoms with van der Waals surface area (Å²) in [6.45, 7) is 11.7. The zero-order valence-corrected chi connectivity index (χ0v) is 22.4. The first-order chi connectivity index (χ1) is 19.0. The second-order valence-electron chi connectivity index (χ2n) is 10.0. The molecular weight excluding hydrogens is 495 g/mol. The highest BCUT2D eigenvalue weighted by molar-refractivity contribution is 6.07. The van der Waals surface area contributed by atoms with Crippen LogP contribution in [0.1, 0.15) is 48.5 Å². The largest absolute Gasteiger partial charge is 0.492 e. The van der Waals surface area contributed by atoms with E-state index in [1.807, 2.05) is 51.4 Å². The first-order valence-corrected chi connectivity index (χ1v) is 13.3. The summed E-state index contributed by atoms with van der Waals surface area (Å²) in [5, 5.41) is 5.09. The van der Waals surface area contributed by atoms with E-state index in [2.05, 4.69) is 27.4 Å². The molecule has 1 aliphatic heterocycles. The Kier molecular flexibility index (Phi) is 6.64. The molecule has 4 aromatic heterocycles. The van der Waals surface area contributed by atoms with Gasteiger partial charge in [0, 0.05) is 42.1 Å². The van der Waals surface area contributed by atoms with Gasteiger partial charge in [-0.2, -0.15) is 0 Å². The van der Waals surface area contributed by atoms with Crippen molar-refractivity contribution in [3.63, 3.8) is 0 Å². The van der Waals surface area contributed by atoms with E-state index in [0.29, 0.717) is 31.3 Å². The fourth-order valence-corrected chi connectivity index (χ4v) is 5.86. The van der Waals surface area contributed by atoms with E-state index in [-0.39, 0.29) is 17.8 Å². The van der Waals surface area contributed by atoms with Gasteiger partial charge in [0.1, 0.15) is 23.0 Å². The molecule has 1 fully saturated rings. The number of rotatable bonds is 7. The normalized spacial score (nSPS) is 15.2. The molecule has 5 aromatic rings. The van der Waals surface area contributed by atoms with Gasteiger partial charge in [0.25, 0.3) is 0 Å². The monoisotopic (exact) mass is 526 g/mol. The number of fused-ring (bicyclic) bond motifs is 3. The molecule has 1 saturated heterocycles. The third kappa shape index (κ3) is 4.48. The van der Waals surface area contributed by atoms with Crippen molar-refractivity contribution in [1.29, 1.82) is 0 Å². The van der Waals surface area contributed by atoms with Crippen LogP contribution in [0.4, 0.5) is 4.39 Å². The lowest BCUT2D eigenvalue weighted by atomic mass is 9.86. The van der Waals surface area contributed by atoms with Crippen LogP contribution in [-0.4, -0.2) is 39.5 Å². The van der Waals surface area contributed by atoms with E-state index in [1.54, 1.807) is 0 Å². The van der Waals surface area contributed by atoms with Gasteiger partial charge in [-0.1, -0.05) is 23.9 Å². The van der Waals surface area contributed by atoms with Gasteiger partial charge in [-0.3, -0.25) is 9.97 Å². The fraction of sp³-hybridized carbons (Fsp3) is 0.323. The van der Waals surface area contributed by atoms with Gasteiger partial charge in [-0.15, -0.1) is 0 Å². The van der Waals surface area contributed by atoms with Crippen LogP contribution < -0.4 is 0 Å². The molecule has 0 radical (unpaired) electrons. The third-order valence-electron chi connectivity index (χ3n) is 7.65. The Morgan fingerprint density at radius 3 is 2.56 bits per heavy atom. The number of nitrogens with zero attached hydrogens (tertiary/aromatic N) is 4. The molecule has 1 aliphatic rings. The van der Waals surface area contributed by atoms with Crippen molar-refractivity contribution in [1.82, 2.24) is 19.7 Å². The number of benzene rings is 1. The number of ether oxygens (including phenoxy) is 2. The molecule has 1 atom stereocenters. The zero-order chi connectivity index (χ0) is 27.1. The van der Waals surface area contributed by atoms with E-state index in [4.69, 9.17) is 19.0 Å². The molecule has 200 valence electrons. The quantitative estimate of drug-likeness (QED) is 0.212. The van der Waals surface area contributed by atoms with Crippen LogP contribution in [0.15, 0.2) is 59.9 Å². The van der Waals surface area contributed by atoms with Gasteiger partial charge in [0.05, 0.1) is 34.9 Å². The SMILES string of the molecule is C=C(OCC)c1cc2c(cn1)c1ncc(-c3c(C)noc3C)cc1n2[C@H](c1ccc(F)cc1)C1CCOCC1. The Morgan fingerprint density at radius 1 is 1.10 bits per heavy atom. The fourth-order valence-electron chi connectivity index (χ4n) is 5.86. The van der Waals surface area contributed by atoms with Crippen LogP contribution in [0.3, 0.4) is 0 Å². The van der Waals surface area contributed by atoms with Crippen molar-refractivity contribution < 1.29 is 18.4 Å². The predicted octanol–water partition coefficient (Wildman–Crippen LogP) is 7.02. The van der Waals surface area contributed by atoms with E-state index in [0.717, 1.165) is 62.9 Å². The number of halogens is 1. The third-order valence-corrected chi connectivity index (χ3v) is 7.65. The maximum absolute atomic E-state index is 14.1. The predicted molar refractivity (Wildman–Crippen MR) is 149 cm³/mol. The first kappa shape index (κ1) is 25.2. The Morgan fingerprint density at radius 2 is 1.87 bits per heavy atom. The Bertz CT molecular complexity index is 1650. The van der Waals surface area contributed by atoms with E-state index >= 15 is 0 Å². The van der Waals surface area contributed by atoms with Gasteiger partial charge < -0.3 is 18.6 Å². The number of aryl methyl sites for hydroxylation is 2. The molecule has 1 aromatic carbocycles. The summed E-state index contributed by atoms with van der Waals surface area (Å²) < 4.78 is 33.3. The molecule has 6 rings (SSSR count). The summed E-state index contributed by atoms with van der Waals surface area (Å²) in [5.74, 6) is 1.28. The molecule has 7 nitrogen and oxygen atoms in total. The minimum Gasteiger partial charge on any atom is -0.492 e. The molecule has 0 amide bonds. The van der Waals surface area contributed by atoms with E-state index < -0.39 is 0 Å². The van der Waals surface area contributed by atoms with Crippen LogP contribution in [-0.2, 0) is 9.47 Å². The first-order valence-electron chi connectivity index (χ1n) is 13.3. The molecule has 39 heavy (non-hydrogen) atoms. The van der Waals surface area contributed by atoms with E-state index in [1.165, 1.54) is 12.1 Å². The summed E-state index contributed by atoms with van der Waals surface area (Å²) in [4.78, 5) is 9.62. The summed E-state index contributed by atoms with van der Waals surface area (Å²) in [6, 6.07) is 11.0. The van der Waals surface area contributed by atoms with Crippen LogP contribution in [0.25, 0.3) is 38.8 Å². The van der Waals surface area contributed by atoms with Crippen LogP contribution >= 0.6 is 0 Å². The maximum atomic E-state index is 14.1. The molecule has 0 saturated carbocycles. The topological polar surface area (TPSA) is 75.2 Å². The van der Waals surface area contributed by atoms with Crippen LogP contribution in [0.5, 0.6) is 0 Å². The van der Waals surface area contributed by atoms with Gasteiger partial charge in [-0.25, -0.2) is 4.39 Å². The molecule has 0 unspecified atom stereocenters. The van der Waals surface area contributed by atoms with Crippen LogP contribution in [0, 0.1) is 25.6 Å². The second-order valence-corrected chi connectivity index (χ2v) is 10.0. The van der Waals surface area contributed by atoms with Crippen molar-refractivity contribution in [3.05, 3.63) is 83.9 Å². The van der Waals surface area contributed by atoms with Crippen molar-refractivity contribution >= 4 is 27.7 Å². The van der Waals surface area contributed by atoms with Gasteiger partial charge in [0.15, 0.2) is 0 Å². The lowest BCUT2D eigenvalue weighted by molar-refractivity contribution is 0.0552. The highest BCUT2D eigenvalue weighted by Gasteiger charge is 2.31. The van der Waals surface area contributed by atoms with Gasteiger partial charge >= 0.3 is 0 Å². The van der Waals surface area contributed by atoms with Crippen molar-refractivity contribution in [2.75, 3.05) is 19.8 Å². The average Bonchev–Trinajstić information content (AvgIpc) is 3.46. The molecule has 5 heterocycles. The molecule has 0 aliphatic carbocycles. The molecule has 0 N–H and O–H groups in total. The molecule has 0 spiro atoms. The standard InChI is InChI=1S/C31H31FN4O3/c1-5-38-19(3)26-15-27-25(17-33-26)30-28(14-23(16-34-30)29-18(2)35-39-20(29)4)36(27)31(22-10-12-37-13-11-22)21-6-8-24(32)9-7-21/h6-9,14-17,22,31H,3,5,10-13H2,1-2,4H3/t31-/m1/s1. The highest BCUT2D eigenvalue weighted by atomic mass is 19.1. The highest BCUT2D eigenvalue weighted by Crippen LogP contribution is 2.42. The maximum Gasteiger partial charge on any atom is 0.141 e. The Hall–Kier alpha value is -4.04. The van der Waals surface area contributed by atoms with Crippen LogP contribution in [0.2, 0.25) is 0 Å². The zero-order valence-electron chi connectivity index (χ0n) is 22.4. The Balaban J connectivity index is 1.67. The van der Waals surface area contributed by atoms with Gasteiger partial charge in [-0.05, 0) is 69.4 Å². The number of pyridine rings is 2. The number of aromatic nitrogens is 4. The lowest BCUT2D eigenvalue weighted by Crippen LogP contribution is -2.27. The second kappa shape index (κ2) is 10.3. The van der Waals surface area contributed by atoms with Crippen molar-refractivity contribution in [3.8, 4) is 11.1 Å². The number of hydrogen-bond donors (Lipinski definition) is 0. The van der Waals surface area contributed by atoms with Gasteiger partial charge in [0.2, 0.25) is 0 Å². The average molecular weight is 527 g/mol. The van der Waals surface area contributed by atoms with E-state index in [9.17, 15) is 4.39 Å². The summed E-state index contributed by atoms with van der Waals surface area (Å²) in [5.41, 5.74) is 7.17. The molecule has 0 bridgehead atoms. The molecule has 8 heteroatoms. The lowest BCUT2D eigenvalue weighted by Gasteiger charge is -2.33. The molecular formula is C31H31FN4O3. The van der Waals surface area contributed by atoms with Crippen molar-refractivity contribution in [2.45, 2.75) is 39.7 Å². The summed E-state index contributed by atoms with van der Waals surface area (Å²) in [6.07, 6.45) is 5.50.